The molecule has 0 aliphatic rings. The van der Waals surface area contributed by atoms with E-state index in [-0.39, 0.29) is 5.38 Å². The zero-order chi connectivity index (χ0) is 11.5. The summed E-state index contributed by atoms with van der Waals surface area (Å²) in [6.07, 6.45) is 2.00. The van der Waals surface area contributed by atoms with Crippen LogP contribution < -0.4 is 0 Å². The Morgan fingerprint density at radius 1 is 1.20 bits per heavy atom. The van der Waals surface area contributed by atoms with E-state index < -0.39 is 0 Å². The molecule has 0 heterocycles. The lowest BCUT2D eigenvalue weighted by molar-refractivity contribution is 0.369. The third-order valence-corrected chi connectivity index (χ3v) is 3.04. The van der Waals surface area contributed by atoms with Crippen LogP contribution in [0.25, 0.3) is 0 Å². The van der Waals surface area contributed by atoms with Gasteiger partial charge >= 0.3 is 0 Å². The maximum atomic E-state index is 6.33. The summed E-state index contributed by atoms with van der Waals surface area (Å²) in [6.45, 7) is 6.68. The number of rotatable bonds is 3. The second kappa shape index (κ2) is 5.36. The molecule has 0 amide bonds. The van der Waals surface area contributed by atoms with Crippen LogP contribution in [0.5, 0.6) is 0 Å². The fourth-order valence-electron chi connectivity index (χ4n) is 1.61. The molecule has 15 heavy (non-hydrogen) atoms. The Bertz CT molecular complexity index is 297. The van der Waals surface area contributed by atoms with Crippen LogP contribution in [0.1, 0.15) is 32.8 Å². The van der Waals surface area contributed by atoms with E-state index in [9.17, 15) is 0 Å². The molecule has 0 aliphatic carbocycles. The first kappa shape index (κ1) is 13.1. The Morgan fingerprint density at radius 2 is 1.73 bits per heavy atom. The van der Waals surface area contributed by atoms with Crippen LogP contribution in [0.3, 0.4) is 0 Å². The predicted molar refractivity (Wildman–Crippen MR) is 71.6 cm³/mol. The lowest BCUT2D eigenvalue weighted by Crippen LogP contribution is -2.15. The molecule has 0 radical (unpaired) electrons. The van der Waals surface area contributed by atoms with Crippen molar-refractivity contribution in [3.05, 3.63) is 34.3 Å². The second-order valence-electron chi connectivity index (χ2n) is 5.19. The third-order valence-electron chi connectivity index (χ3n) is 2.20. The van der Waals surface area contributed by atoms with Gasteiger partial charge in [0.05, 0.1) is 0 Å². The van der Waals surface area contributed by atoms with Crippen molar-refractivity contribution in [3.8, 4) is 0 Å². The monoisotopic (exact) mass is 288 g/mol. The van der Waals surface area contributed by atoms with Gasteiger partial charge in [-0.2, -0.15) is 0 Å². The first-order chi connectivity index (χ1) is 6.87. The van der Waals surface area contributed by atoms with Gasteiger partial charge in [-0.15, -0.1) is 11.6 Å². The van der Waals surface area contributed by atoms with Gasteiger partial charge in [-0.05, 0) is 36.0 Å². The molecule has 84 valence electrons. The Labute approximate surface area is 106 Å². The van der Waals surface area contributed by atoms with E-state index in [0.717, 1.165) is 17.3 Å². The normalized spacial score (nSPS) is 13.9. The second-order valence-corrected chi connectivity index (χ2v) is 6.73. The van der Waals surface area contributed by atoms with Gasteiger partial charge in [-0.1, -0.05) is 48.8 Å². The van der Waals surface area contributed by atoms with Gasteiger partial charge in [0.15, 0.2) is 0 Å². The molecule has 2 heteroatoms. The number of alkyl halides is 1. The summed E-state index contributed by atoms with van der Waals surface area (Å²) in [6, 6.07) is 8.39. The van der Waals surface area contributed by atoms with Gasteiger partial charge in [-0.3, -0.25) is 0 Å². The minimum Gasteiger partial charge on any atom is -0.123 e. The van der Waals surface area contributed by atoms with Gasteiger partial charge in [0.25, 0.3) is 0 Å². The molecule has 0 bridgehead atoms. The van der Waals surface area contributed by atoms with E-state index in [1.54, 1.807) is 0 Å². The summed E-state index contributed by atoms with van der Waals surface area (Å²) in [7, 11) is 0. The number of hydrogen-bond acceptors (Lipinski definition) is 0. The van der Waals surface area contributed by atoms with E-state index in [4.69, 9.17) is 11.6 Å². The van der Waals surface area contributed by atoms with Crippen molar-refractivity contribution in [3.63, 3.8) is 0 Å². The Kier molecular flexibility index (Phi) is 4.66. The topological polar surface area (TPSA) is 0 Å². The average Bonchev–Trinajstić information content (AvgIpc) is 2.05. The van der Waals surface area contributed by atoms with Crippen LogP contribution in [-0.2, 0) is 6.42 Å². The van der Waals surface area contributed by atoms with Crippen LogP contribution >= 0.6 is 27.5 Å². The number of hydrogen-bond donors (Lipinski definition) is 0. The maximum Gasteiger partial charge on any atom is 0.0381 e. The third kappa shape index (κ3) is 5.58. The molecule has 0 saturated carbocycles. The fraction of sp³-hybridized carbons (Fsp3) is 0.538. The highest BCUT2D eigenvalue weighted by molar-refractivity contribution is 9.10. The zero-order valence-corrected chi connectivity index (χ0v) is 11.9. The molecule has 0 saturated heterocycles. The SMILES string of the molecule is CC(C)(C)CC(Cl)Cc1ccc(Br)cc1. The fourth-order valence-corrected chi connectivity index (χ4v) is 2.52. The highest BCUT2D eigenvalue weighted by Gasteiger charge is 2.16. The largest absolute Gasteiger partial charge is 0.123 e. The molecule has 0 nitrogen and oxygen atoms in total. The molecular weight excluding hydrogens is 272 g/mol. The summed E-state index contributed by atoms with van der Waals surface area (Å²) in [5.41, 5.74) is 1.62. The van der Waals surface area contributed by atoms with Gasteiger partial charge in [-0.25, -0.2) is 0 Å². The molecule has 1 atom stereocenters. The van der Waals surface area contributed by atoms with E-state index >= 15 is 0 Å². The molecule has 0 spiro atoms. The lowest BCUT2D eigenvalue weighted by atomic mass is 9.88. The van der Waals surface area contributed by atoms with Gasteiger partial charge in [0.2, 0.25) is 0 Å². The Hall–Kier alpha value is -0.0100. The minimum absolute atomic E-state index is 0.228. The van der Waals surface area contributed by atoms with Gasteiger partial charge in [0, 0.05) is 9.85 Å². The molecule has 1 rings (SSSR count). The van der Waals surface area contributed by atoms with Crippen molar-refractivity contribution in [2.75, 3.05) is 0 Å². The van der Waals surface area contributed by atoms with Crippen LogP contribution in [-0.4, -0.2) is 5.38 Å². The van der Waals surface area contributed by atoms with Crippen molar-refractivity contribution in [1.29, 1.82) is 0 Å². The Balaban J connectivity index is 2.51. The summed E-state index contributed by atoms with van der Waals surface area (Å²) >= 11 is 9.76. The summed E-state index contributed by atoms with van der Waals surface area (Å²) < 4.78 is 1.12. The van der Waals surface area contributed by atoms with E-state index in [1.165, 1.54) is 5.56 Å². The maximum absolute atomic E-state index is 6.33. The summed E-state index contributed by atoms with van der Waals surface area (Å²) in [4.78, 5) is 0. The first-order valence-corrected chi connectivity index (χ1v) is 6.48. The lowest BCUT2D eigenvalue weighted by Gasteiger charge is -2.21. The molecule has 1 aromatic carbocycles. The molecule has 0 aliphatic heterocycles. The molecule has 0 fully saturated rings. The highest BCUT2D eigenvalue weighted by Crippen LogP contribution is 2.26. The molecular formula is C13H18BrCl. The summed E-state index contributed by atoms with van der Waals surface area (Å²) in [5, 5.41) is 0.228. The Morgan fingerprint density at radius 3 is 2.20 bits per heavy atom. The molecule has 1 aromatic rings. The number of benzene rings is 1. The van der Waals surface area contributed by atoms with Crippen molar-refractivity contribution >= 4 is 27.5 Å². The standard InChI is InChI=1S/C13H18BrCl/c1-13(2,3)9-12(15)8-10-4-6-11(14)7-5-10/h4-7,12H,8-9H2,1-3H3. The van der Waals surface area contributed by atoms with Crippen LogP contribution in [0.4, 0.5) is 0 Å². The quantitative estimate of drug-likeness (QED) is 0.684. The van der Waals surface area contributed by atoms with Crippen molar-refractivity contribution in [2.45, 2.75) is 39.0 Å². The molecule has 0 N–H and O–H groups in total. The van der Waals surface area contributed by atoms with E-state index in [2.05, 4.69) is 61.0 Å². The van der Waals surface area contributed by atoms with Crippen molar-refractivity contribution in [2.24, 2.45) is 5.41 Å². The van der Waals surface area contributed by atoms with E-state index in [1.807, 2.05) is 0 Å². The minimum atomic E-state index is 0.228. The van der Waals surface area contributed by atoms with Gasteiger partial charge < -0.3 is 0 Å². The molecule has 0 aromatic heterocycles. The smallest absolute Gasteiger partial charge is 0.0381 e. The van der Waals surface area contributed by atoms with Crippen LogP contribution in [0.15, 0.2) is 28.7 Å². The average molecular weight is 290 g/mol. The zero-order valence-electron chi connectivity index (χ0n) is 9.56. The highest BCUT2D eigenvalue weighted by atomic mass is 79.9. The number of halogens is 2. The van der Waals surface area contributed by atoms with Crippen molar-refractivity contribution in [1.82, 2.24) is 0 Å². The van der Waals surface area contributed by atoms with Crippen LogP contribution in [0, 0.1) is 5.41 Å². The van der Waals surface area contributed by atoms with Gasteiger partial charge in [0.1, 0.15) is 0 Å². The van der Waals surface area contributed by atoms with Crippen molar-refractivity contribution < 1.29 is 0 Å². The summed E-state index contributed by atoms with van der Waals surface area (Å²) in [5.74, 6) is 0. The molecule has 1 unspecified atom stereocenters. The van der Waals surface area contributed by atoms with E-state index in [0.29, 0.717) is 5.41 Å². The van der Waals surface area contributed by atoms with Crippen LogP contribution in [0.2, 0.25) is 0 Å². The predicted octanol–water partition coefficient (Wildman–Crippen LogP) is 5.04. The first-order valence-electron chi connectivity index (χ1n) is 5.25.